The van der Waals surface area contributed by atoms with Crippen LogP contribution in [0.25, 0.3) is 10.8 Å². The van der Waals surface area contributed by atoms with E-state index in [4.69, 9.17) is 9.47 Å². The number of aliphatic hydroxyl groups is 1. The Balaban J connectivity index is 1.82. The molecular formula is C20H14O7. The zero-order valence-corrected chi connectivity index (χ0v) is 13.8. The molecule has 7 nitrogen and oxygen atoms in total. The summed E-state index contributed by atoms with van der Waals surface area (Å²) in [5.41, 5.74) is -0.267. The van der Waals surface area contributed by atoms with Gasteiger partial charge >= 0.3 is 5.79 Å². The van der Waals surface area contributed by atoms with Crippen LogP contribution in [0.15, 0.2) is 42.5 Å². The summed E-state index contributed by atoms with van der Waals surface area (Å²) in [4.78, 5) is 12.4. The Bertz CT molecular complexity index is 1120. The third kappa shape index (κ3) is 1.91. The van der Waals surface area contributed by atoms with Gasteiger partial charge < -0.3 is 29.9 Å². The molecule has 0 saturated heterocycles. The molecule has 1 spiro atoms. The lowest BCUT2D eigenvalue weighted by Gasteiger charge is -2.44. The first-order chi connectivity index (χ1) is 12.9. The molecule has 0 amide bonds. The Hall–Kier alpha value is -3.45. The number of hydrogen-bond donors (Lipinski definition) is 4. The molecule has 0 bridgehead atoms. The second kappa shape index (κ2) is 5.05. The zero-order valence-electron chi connectivity index (χ0n) is 13.8. The van der Waals surface area contributed by atoms with E-state index in [2.05, 4.69) is 0 Å². The molecule has 3 aromatic carbocycles. The molecule has 0 radical (unpaired) electrons. The van der Waals surface area contributed by atoms with Gasteiger partial charge in [0.15, 0.2) is 5.78 Å². The molecule has 1 heterocycles. The van der Waals surface area contributed by atoms with Crippen molar-refractivity contribution in [3.05, 3.63) is 53.6 Å². The monoisotopic (exact) mass is 366 g/mol. The highest BCUT2D eigenvalue weighted by Crippen LogP contribution is 2.53. The smallest absolute Gasteiger partial charge is 0.309 e. The average molecular weight is 366 g/mol. The highest BCUT2D eigenvalue weighted by atomic mass is 16.7. The van der Waals surface area contributed by atoms with E-state index in [1.165, 1.54) is 24.3 Å². The van der Waals surface area contributed by atoms with E-state index >= 15 is 0 Å². The standard InChI is InChI=1S/C20H14O7/c21-10-6-7-15-17-9(10)2-1-3-14(17)26-20(27-15)16(25)8-13(24)18-11(22)4-5-12(23)19(18)20/h1-7,16,21-23,25H,8H2/t16-,20-/m1/s1. The molecule has 0 saturated carbocycles. The summed E-state index contributed by atoms with van der Waals surface area (Å²) in [6.07, 6.45) is -1.78. The molecule has 0 aromatic heterocycles. The molecule has 5 rings (SSSR count). The van der Waals surface area contributed by atoms with Crippen LogP contribution in [0, 0.1) is 0 Å². The number of Topliss-reactive ketones (excluding diaryl/α,β-unsaturated/α-hetero) is 1. The van der Waals surface area contributed by atoms with Crippen LogP contribution in [0.4, 0.5) is 0 Å². The number of ether oxygens (including phenoxy) is 2. The van der Waals surface area contributed by atoms with Crippen LogP contribution in [-0.4, -0.2) is 32.3 Å². The molecule has 0 fully saturated rings. The molecule has 4 N–H and O–H groups in total. The van der Waals surface area contributed by atoms with Gasteiger partial charge in [-0.05, 0) is 30.3 Å². The normalized spacial score (nSPS) is 23.0. The highest BCUT2D eigenvalue weighted by Gasteiger charge is 2.56. The van der Waals surface area contributed by atoms with Crippen molar-refractivity contribution in [3.8, 4) is 28.7 Å². The minimum atomic E-state index is -1.91. The first kappa shape index (κ1) is 15.8. The summed E-state index contributed by atoms with van der Waals surface area (Å²) in [6.45, 7) is 0. The minimum Gasteiger partial charge on any atom is -0.507 e. The molecular weight excluding hydrogens is 352 g/mol. The first-order valence-corrected chi connectivity index (χ1v) is 8.32. The van der Waals surface area contributed by atoms with E-state index in [0.29, 0.717) is 22.3 Å². The average Bonchev–Trinajstić information content (AvgIpc) is 2.65. The van der Waals surface area contributed by atoms with E-state index in [0.717, 1.165) is 0 Å². The van der Waals surface area contributed by atoms with Crippen LogP contribution < -0.4 is 9.47 Å². The fourth-order valence-corrected chi connectivity index (χ4v) is 3.88. The topological polar surface area (TPSA) is 116 Å². The van der Waals surface area contributed by atoms with Crippen LogP contribution in [0.1, 0.15) is 22.3 Å². The summed E-state index contributed by atoms with van der Waals surface area (Å²) in [5, 5.41) is 42.5. The lowest BCUT2D eigenvalue weighted by Crippen LogP contribution is -2.55. The van der Waals surface area contributed by atoms with Gasteiger partial charge in [-0.3, -0.25) is 4.79 Å². The van der Waals surface area contributed by atoms with Gasteiger partial charge in [0.2, 0.25) is 0 Å². The summed E-state index contributed by atoms with van der Waals surface area (Å²) in [6, 6.07) is 10.4. The van der Waals surface area contributed by atoms with Gasteiger partial charge in [-0.2, -0.15) is 0 Å². The molecule has 1 aliphatic heterocycles. The van der Waals surface area contributed by atoms with Crippen molar-refractivity contribution in [2.24, 2.45) is 0 Å². The van der Waals surface area contributed by atoms with Gasteiger partial charge in [-0.25, -0.2) is 0 Å². The molecule has 7 heteroatoms. The fraction of sp³-hybridized carbons (Fsp3) is 0.150. The van der Waals surface area contributed by atoms with Gasteiger partial charge in [0.25, 0.3) is 0 Å². The van der Waals surface area contributed by atoms with Gasteiger partial charge in [-0.1, -0.05) is 12.1 Å². The number of hydrogen-bond acceptors (Lipinski definition) is 7. The second-order valence-corrected chi connectivity index (χ2v) is 6.63. The lowest BCUT2D eigenvalue weighted by molar-refractivity contribution is -0.200. The van der Waals surface area contributed by atoms with Gasteiger partial charge in [-0.15, -0.1) is 0 Å². The van der Waals surface area contributed by atoms with E-state index in [-0.39, 0.29) is 34.8 Å². The van der Waals surface area contributed by atoms with E-state index in [1.54, 1.807) is 18.2 Å². The fourth-order valence-electron chi connectivity index (χ4n) is 3.88. The number of fused-ring (bicyclic) bond motifs is 2. The van der Waals surface area contributed by atoms with Crippen LogP contribution in [0.3, 0.4) is 0 Å². The largest absolute Gasteiger partial charge is 0.507 e. The summed E-state index contributed by atoms with van der Waals surface area (Å²) in [7, 11) is 0. The number of aromatic hydroxyl groups is 3. The Labute approximate surface area is 152 Å². The predicted molar refractivity (Wildman–Crippen MR) is 93.3 cm³/mol. The van der Waals surface area contributed by atoms with Crippen LogP contribution in [0.5, 0.6) is 28.7 Å². The van der Waals surface area contributed by atoms with Crippen molar-refractivity contribution in [1.82, 2.24) is 0 Å². The van der Waals surface area contributed by atoms with Gasteiger partial charge in [0.1, 0.15) is 34.9 Å². The van der Waals surface area contributed by atoms with Gasteiger partial charge in [0.05, 0.1) is 16.5 Å². The lowest BCUT2D eigenvalue weighted by atomic mass is 9.81. The predicted octanol–water partition coefficient (Wildman–Crippen LogP) is 2.53. The maximum absolute atomic E-state index is 12.4. The van der Waals surface area contributed by atoms with Crippen LogP contribution >= 0.6 is 0 Å². The van der Waals surface area contributed by atoms with Crippen molar-refractivity contribution < 1.29 is 34.7 Å². The quantitative estimate of drug-likeness (QED) is 0.452. The number of phenolic OH excluding ortho intramolecular Hbond substituents is 3. The molecule has 2 atom stereocenters. The molecule has 0 unspecified atom stereocenters. The highest BCUT2D eigenvalue weighted by molar-refractivity contribution is 6.03. The third-order valence-electron chi connectivity index (χ3n) is 5.07. The van der Waals surface area contributed by atoms with E-state index in [1.807, 2.05) is 0 Å². The summed E-state index contributed by atoms with van der Waals surface area (Å²) < 4.78 is 12.0. The van der Waals surface area contributed by atoms with Crippen molar-refractivity contribution in [2.75, 3.05) is 0 Å². The molecule has 3 aromatic rings. The number of carbonyl (C=O) groups excluding carboxylic acids is 1. The van der Waals surface area contributed by atoms with Crippen LogP contribution in [0.2, 0.25) is 0 Å². The van der Waals surface area contributed by atoms with Crippen molar-refractivity contribution in [2.45, 2.75) is 18.3 Å². The number of phenols is 3. The van der Waals surface area contributed by atoms with Crippen molar-refractivity contribution in [1.29, 1.82) is 0 Å². The Morgan fingerprint density at radius 2 is 1.56 bits per heavy atom. The molecule has 27 heavy (non-hydrogen) atoms. The Kier molecular flexibility index (Phi) is 2.95. The number of benzene rings is 3. The first-order valence-electron chi connectivity index (χ1n) is 8.32. The van der Waals surface area contributed by atoms with E-state index < -0.39 is 17.7 Å². The number of carbonyl (C=O) groups is 1. The molecule has 136 valence electrons. The maximum atomic E-state index is 12.4. The molecule has 1 aliphatic carbocycles. The SMILES string of the molecule is O=C1C[C@@H](O)[C@]2(Oc3cccc4c(O)ccc(c34)O2)c2c(O)ccc(O)c21. The van der Waals surface area contributed by atoms with E-state index in [9.17, 15) is 25.2 Å². The minimum absolute atomic E-state index is 0.0408. The number of aliphatic hydroxyl groups excluding tert-OH is 1. The zero-order chi connectivity index (χ0) is 18.9. The van der Waals surface area contributed by atoms with Crippen molar-refractivity contribution >= 4 is 16.6 Å². The Morgan fingerprint density at radius 1 is 0.889 bits per heavy atom. The van der Waals surface area contributed by atoms with Gasteiger partial charge in [0, 0.05) is 11.8 Å². The summed E-state index contributed by atoms with van der Waals surface area (Å²) >= 11 is 0. The third-order valence-corrected chi connectivity index (χ3v) is 5.07. The number of rotatable bonds is 0. The summed E-state index contributed by atoms with van der Waals surface area (Å²) in [5.74, 6) is -2.45. The Morgan fingerprint density at radius 3 is 2.33 bits per heavy atom. The van der Waals surface area contributed by atoms with Crippen LogP contribution in [-0.2, 0) is 5.79 Å². The van der Waals surface area contributed by atoms with Crippen molar-refractivity contribution in [3.63, 3.8) is 0 Å². The maximum Gasteiger partial charge on any atom is 0.309 e. The molecule has 2 aliphatic rings. The second-order valence-electron chi connectivity index (χ2n) is 6.63. The number of ketones is 1.